The van der Waals surface area contributed by atoms with E-state index in [1.54, 1.807) is 6.21 Å². The summed E-state index contributed by atoms with van der Waals surface area (Å²) in [5.41, 5.74) is 1.89. The molecule has 4 atom stereocenters. The molecule has 1 aliphatic heterocycles. The van der Waals surface area contributed by atoms with Crippen LogP contribution in [0, 0.1) is 23.7 Å². The third-order valence-corrected chi connectivity index (χ3v) is 5.67. The van der Waals surface area contributed by atoms with Crippen molar-refractivity contribution in [2.24, 2.45) is 28.8 Å². The molecule has 120 valence electrons. The van der Waals surface area contributed by atoms with Gasteiger partial charge in [-0.1, -0.05) is 30.4 Å². The molecule has 1 aromatic carbocycles. The Morgan fingerprint density at radius 1 is 1.04 bits per heavy atom. The molecule has 2 aromatic rings. The quantitative estimate of drug-likeness (QED) is 0.525. The number of allylic oxidation sites excluding steroid dienone is 2. The molecule has 2 amide bonds. The second-order valence-corrected chi connectivity index (χ2v) is 6.86. The third kappa shape index (κ3) is 1.78. The van der Waals surface area contributed by atoms with Gasteiger partial charge in [0.15, 0.2) is 0 Å². The van der Waals surface area contributed by atoms with Gasteiger partial charge >= 0.3 is 0 Å². The summed E-state index contributed by atoms with van der Waals surface area (Å²) in [6, 6.07) is 7.89. The van der Waals surface area contributed by atoms with Crippen LogP contribution in [-0.2, 0) is 9.59 Å². The van der Waals surface area contributed by atoms with Gasteiger partial charge in [-0.3, -0.25) is 9.59 Å². The van der Waals surface area contributed by atoms with E-state index in [-0.39, 0.29) is 35.5 Å². The second kappa shape index (κ2) is 4.90. The Hall–Kier alpha value is -2.69. The van der Waals surface area contributed by atoms with Gasteiger partial charge in [-0.25, -0.2) is 0 Å². The lowest BCUT2D eigenvalue weighted by Crippen LogP contribution is -2.38. The molecule has 0 spiro atoms. The van der Waals surface area contributed by atoms with Gasteiger partial charge in [0.1, 0.15) is 0 Å². The van der Waals surface area contributed by atoms with E-state index in [9.17, 15) is 9.59 Å². The Balaban J connectivity index is 1.48. The molecule has 2 bridgehead atoms. The van der Waals surface area contributed by atoms with Crippen LogP contribution in [0.1, 0.15) is 18.4 Å². The van der Waals surface area contributed by atoms with Gasteiger partial charge in [0.2, 0.25) is 0 Å². The zero-order valence-electron chi connectivity index (χ0n) is 13.1. The Bertz CT molecular complexity index is 878. The first kappa shape index (κ1) is 13.7. The lowest BCUT2D eigenvalue weighted by Gasteiger charge is -2.37. The number of fused-ring (bicyclic) bond motifs is 2. The highest BCUT2D eigenvalue weighted by Crippen LogP contribution is 2.49. The molecule has 1 aromatic heterocycles. The van der Waals surface area contributed by atoms with Crippen LogP contribution in [0.15, 0.2) is 47.7 Å². The minimum Gasteiger partial charge on any atom is -0.361 e. The summed E-state index contributed by atoms with van der Waals surface area (Å²) < 4.78 is 0. The van der Waals surface area contributed by atoms with Crippen molar-refractivity contribution < 1.29 is 9.59 Å². The fraction of sp³-hybridized carbons (Fsp3) is 0.316. The maximum absolute atomic E-state index is 12.7. The second-order valence-electron chi connectivity index (χ2n) is 6.86. The summed E-state index contributed by atoms with van der Waals surface area (Å²) >= 11 is 0. The number of hydrogen-bond acceptors (Lipinski definition) is 3. The number of aromatic nitrogens is 1. The van der Waals surface area contributed by atoms with Crippen LogP contribution in [0.3, 0.4) is 0 Å². The number of aromatic amines is 1. The summed E-state index contributed by atoms with van der Waals surface area (Å²) in [6.07, 6.45) is 9.70. The van der Waals surface area contributed by atoms with Gasteiger partial charge in [0.25, 0.3) is 11.8 Å². The maximum Gasteiger partial charge on any atom is 0.254 e. The van der Waals surface area contributed by atoms with Crippen LogP contribution >= 0.6 is 0 Å². The Kier molecular flexibility index (Phi) is 2.80. The van der Waals surface area contributed by atoms with E-state index in [1.807, 2.05) is 30.5 Å². The minimum atomic E-state index is -0.207. The van der Waals surface area contributed by atoms with Gasteiger partial charge < -0.3 is 4.98 Å². The van der Waals surface area contributed by atoms with Crippen molar-refractivity contribution in [1.82, 2.24) is 9.99 Å². The topological polar surface area (TPSA) is 65.5 Å². The monoisotopic (exact) mass is 319 g/mol. The van der Waals surface area contributed by atoms with E-state index >= 15 is 0 Å². The minimum absolute atomic E-state index is 0.139. The number of nitrogens with zero attached hydrogens (tertiary/aromatic N) is 2. The van der Waals surface area contributed by atoms with Crippen LogP contribution in [0.2, 0.25) is 0 Å². The third-order valence-electron chi connectivity index (χ3n) is 5.67. The fourth-order valence-electron chi connectivity index (χ4n) is 4.49. The molecule has 6 rings (SSSR count). The molecule has 24 heavy (non-hydrogen) atoms. The van der Waals surface area contributed by atoms with E-state index in [0.29, 0.717) is 0 Å². The van der Waals surface area contributed by atoms with Crippen LogP contribution in [0.25, 0.3) is 10.9 Å². The summed E-state index contributed by atoms with van der Waals surface area (Å²) in [5, 5.41) is 6.39. The molecule has 1 saturated heterocycles. The van der Waals surface area contributed by atoms with Crippen molar-refractivity contribution in [1.29, 1.82) is 0 Å². The molecule has 4 aliphatic rings. The molecule has 5 heteroatoms. The summed E-state index contributed by atoms with van der Waals surface area (Å²) in [4.78, 5) is 28.6. The zero-order chi connectivity index (χ0) is 16.3. The molecule has 0 radical (unpaired) electrons. The normalized spacial score (nSPS) is 31.6. The number of benzene rings is 1. The molecule has 0 unspecified atom stereocenters. The molecule has 3 aliphatic carbocycles. The lowest BCUT2D eigenvalue weighted by atomic mass is 9.63. The van der Waals surface area contributed by atoms with Gasteiger partial charge in [-0.2, -0.15) is 10.1 Å². The Morgan fingerprint density at radius 3 is 2.38 bits per heavy atom. The van der Waals surface area contributed by atoms with Crippen molar-refractivity contribution in [3.8, 4) is 0 Å². The molecule has 5 nitrogen and oxygen atoms in total. The van der Waals surface area contributed by atoms with E-state index in [0.717, 1.165) is 34.3 Å². The first-order valence-electron chi connectivity index (χ1n) is 8.40. The van der Waals surface area contributed by atoms with Crippen molar-refractivity contribution in [3.63, 3.8) is 0 Å². The van der Waals surface area contributed by atoms with Crippen LogP contribution < -0.4 is 0 Å². The molecule has 2 fully saturated rings. The smallest absolute Gasteiger partial charge is 0.254 e. The number of para-hydroxylation sites is 1. The van der Waals surface area contributed by atoms with Gasteiger partial charge in [0.05, 0.1) is 18.1 Å². The first-order chi connectivity index (χ1) is 11.7. The first-order valence-corrected chi connectivity index (χ1v) is 8.40. The van der Waals surface area contributed by atoms with Gasteiger partial charge in [-0.05, 0) is 30.7 Å². The van der Waals surface area contributed by atoms with E-state index in [4.69, 9.17) is 0 Å². The highest BCUT2D eigenvalue weighted by atomic mass is 16.2. The average Bonchev–Trinajstić information content (AvgIpc) is 3.15. The number of hydrazone groups is 1. The number of rotatable bonds is 2. The average molecular weight is 319 g/mol. The van der Waals surface area contributed by atoms with Crippen LogP contribution in [0.5, 0.6) is 0 Å². The summed E-state index contributed by atoms with van der Waals surface area (Å²) in [7, 11) is 0. The number of nitrogens with one attached hydrogen (secondary N) is 1. The SMILES string of the molecule is O=C1[C@@H]2[C@@H](C(=O)N1/N=C\c1c[nH]c3ccccc13)[C@H]1C=C[C@@H]2CC1. The Labute approximate surface area is 139 Å². The molecular weight excluding hydrogens is 302 g/mol. The number of carbonyl (C=O) groups excluding carboxylic acids is 2. The number of imide groups is 1. The van der Waals surface area contributed by atoms with Crippen molar-refractivity contribution in [2.45, 2.75) is 12.8 Å². The largest absolute Gasteiger partial charge is 0.361 e. The van der Waals surface area contributed by atoms with Gasteiger partial charge in [0, 0.05) is 22.7 Å². The van der Waals surface area contributed by atoms with E-state index in [1.165, 1.54) is 0 Å². The predicted octanol–water partition coefficient (Wildman–Crippen LogP) is 2.70. The standard InChI is InChI=1S/C19H17N3O2/c23-18-16-11-5-6-12(8-7-11)17(16)19(24)22(18)21-10-13-9-20-15-4-2-1-3-14(13)15/h1-6,9-12,16-17,20H,7-8H2/b21-10-/t11-,12+,16-,17-/m0/s1. The fourth-order valence-corrected chi connectivity index (χ4v) is 4.49. The van der Waals surface area contributed by atoms with Crippen molar-refractivity contribution in [3.05, 3.63) is 48.2 Å². The van der Waals surface area contributed by atoms with Crippen molar-refractivity contribution >= 4 is 28.9 Å². The predicted molar refractivity (Wildman–Crippen MR) is 90.1 cm³/mol. The highest BCUT2D eigenvalue weighted by Gasteiger charge is 2.56. The summed E-state index contributed by atoms with van der Waals surface area (Å²) in [6.45, 7) is 0. The molecular formula is C19H17N3O2. The van der Waals surface area contributed by atoms with Crippen LogP contribution in [-0.4, -0.2) is 28.0 Å². The number of H-pyrrole nitrogens is 1. The number of hydrogen-bond donors (Lipinski definition) is 1. The maximum atomic E-state index is 12.7. The van der Waals surface area contributed by atoms with Crippen LogP contribution in [0.4, 0.5) is 0 Å². The molecule has 2 heterocycles. The number of carbonyl (C=O) groups is 2. The zero-order valence-corrected chi connectivity index (χ0v) is 13.1. The molecule has 1 N–H and O–H groups in total. The van der Waals surface area contributed by atoms with E-state index in [2.05, 4.69) is 22.2 Å². The van der Waals surface area contributed by atoms with Crippen molar-refractivity contribution in [2.75, 3.05) is 0 Å². The Morgan fingerprint density at radius 2 is 1.71 bits per heavy atom. The van der Waals surface area contributed by atoms with Gasteiger partial charge in [-0.15, -0.1) is 0 Å². The molecule has 1 saturated carbocycles. The summed E-state index contributed by atoms with van der Waals surface area (Å²) in [5.74, 6) is -0.294. The lowest BCUT2D eigenvalue weighted by molar-refractivity contribution is -0.140. The highest BCUT2D eigenvalue weighted by molar-refractivity contribution is 6.07. The van der Waals surface area contributed by atoms with E-state index < -0.39 is 0 Å². The number of amides is 2.